The van der Waals surface area contributed by atoms with Crippen LogP contribution in [-0.4, -0.2) is 8.80 Å². The van der Waals surface area contributed by atoms with Gasteiger partial charge >= 0.3 is 0 Å². The topological polar surface area (TPSA) is 0 Å². The average Bonchev–Trinajstić information content (AvgIpc) is 2.84. The molecule has 0 fully saturated rings. The quantitative estimate of drug-likeness (QED) is 0.271. The van der Waals surface area contributed by atoms with Crippen molar-refractivity contribution in [3.05, 3.63) is 127 Å². The van der Waals surface area contributed by atoms with Gasteiger partial charge in [0.2, 0.25) is 0 Å². The van der Waals surface area contributed by atoms with Gasteiger partial charge in [-0.3, -0.25) is 0 Å². The zero-order chi connectivity index (χ0) is 20.6. The molecule has 6 aromatic carbocycles. The summed E-state index contributed by atoms with van der Waals surface area (Å²) in [5, 5.41) is 12.2. The van der Waals surface area contributed by atoms with Crippen molar-refractivity contribution in [2.24, 2.45) is 0 Å². The molecule has 6 aromatic rings. The summed E-state index contributed by atoms with van der Waals surface area (Å²) in [6.07, 6.45) is 0. The maximum absolute atomic E-state index is 2.41. The second-order valence-corrected chi connectivity index (χ2v) is 11.1. The van der Waals surface area contributed by atoms with E-state index in [1.807, 2.05) is 0 Å². The monoisotopic (exact) mass is 410 g/mol. The third kappa shape index (κ3) is 3.33. The van der Waals surface area contributed by atoms with Gasteiger partial charge in [-0.25, -0.2) is 0 Å². The van der Waals surface area contributed by atoms with Crippen LogP contribution in [0.25, 0.3) is 32.3 Å². The van der Waals surface area contributed by atoms with Crippen molar-refractivity contribution in [1.82, 2.24) is 0 Å². The second kappa shape index (κ2) is 7.53. The average molecular weight is 411 g/mol. The van der Waals surface area contributed by atoms with Crippen LogP contribution < -0.4 is 15.6 Å². The Labute approximate surface area is 184 Å². The molecule has 0 aliphatic rings. The van der Waals surface area contributed by atoms with Gasteiger partial charge in [0.05, 0.1) is 0 Å². The summed E-state index contributed by atoms with van der Waals surface area (Å²) >= 11 is 0. The molecule has 0 spiro atoms. The van der Waals surface area contributed by atoms with Gasteiger partial charge in [-0.05, 0) is 32.3 Å². The lowest BCUT2D eigenvalue weighted by atomic mass is 10.1. The van der Waals surface area contributed by atoms with Crippen LogP contribution in [0, 0.1) is 0 Å². The zero-order valence-electron chi connectivity index (χ0n) is 17.2. The number of rotatable bonds is 3. The molecule has 0 aliphatic heterocycles. The van der Waals surface area contributed by atoms with Crippen molar-refractivity contribution in [3.63, 3.8) is 0 Å². The van der Waals surface area contributed by atoms with Crippen LogP contribution in [0.3, 0.4) is 0 Å². The van der Waals surface area contributed by atoms with E-state index < -0.39 is 8.80 Å². The summed E-state index contributed by atoms with van der Waals surface area (Å²) < 4.78 is 0. The van der Waals surface area contributed by atoms with E-state index in [1.54, 1.807) is 0 Å². The van der Waals surface area contributed by atoms with Gasteiger partial charge in [-0.1, -0.05) is 143 Å². The molecule has 0 saturated heterocycles. The fourth-order valence-corrected chi connectivity index (χ4v) is 7.80. The minimum atomic E-state index is -1.63. The molecular formula is C30H22Si. The molecule has 0 amide bonds. The highest BCUT2D eigenvalue weighted by Crippen LogP contribution is 2.16. The van der Waals surface area contributed by atoms with Crippen molar-refractivity contribution >= 4 is 56.7 Å². The Hall–Kier alpha value is -3.68. The highest BCUT2D eigenvalue weighted by molar-refractivity contribution is 6.95. The van der Waals surface area contributed by atoms with Crippen molar-refractivity contribution in [3.8, 4) is 0 Å². The highest BCUT2D eigenvalue weighted by atomic mass is 28.3. The zero-order valence-corrected chi connectivity index (χ0v) is 18.4. The van der Waals surface area contributed by atoms with Crippen LogP contribution in [0.5, 0.6) is 0 Å². The smallest absolute Gasteiger partial charge is 0.0619 e. The van der Waals surface area contributed by atoms with Crippen molar-refractivity contribution in [1.29, 1.82) is 0 Å². The first kappa shape index (κ1) is 18.1. The molecule has 0 radical (unpaired) electrons. The molecule has 0 heterocycles. The molecule has 0 aliphatic carbocycles. The van der Waals surface area contributed by atoms with Crippen LogP contribution >= 0.6 is 0 Å². The molecule has 0 N–H and O–H groups in total. The molecule has 146 valence electrons. The van der Waals surface area contributed by atoms with E-state index in [4.69, 9.17) is 0 Å². The van der Waals surface area contributed by atoms with Crippen molar-refractivity contribution in [2.75, 3.05) is 0 Å². The lowest BCUT2D eigenvalue weighted by molar-refractivity contribution is 1.74. The normalized spacial score (nSPS) is 11.5. The summed E-state index contributed by atoms with van der Waals surface area (Å²) in [7, 11) is -1.63. The predicted molar refractivity (Wildman–Crippen MR) is 138 cm³/mol. The summed E-state index contributed by atoms with van der Waals surface area (Å²) in [4.78, 5) is 0. The first-order chi connectivity index (χ1) is 15.3. The lowest BCUT2D eigenvalue weighted by Gasteiger charge is -2.19. The molecule has 0 saturated carbocycles. The Bertz CT molecular complexity index is 1360. The van der Waals surface area contributed by atoms with Gasteiger partial charge in [0, 0.05) is 0 Å². The van der Waals surface area contributed by atoms with Gasteiger partial charge in [-0.2, -0.15) is 0 Å². The molecule has 0 nitrogen and oxygen atoms in total. The van der Waals surface area contributed by atoms with Gasteiger partial charge in [-0.15, -0.1) is 0 Å². The highest BCUT2D eigenvalue weighted by Gasteiger charge is 2.20. The molecular weight excluding hydrogens is 388 g/mol. The van der Waals surface area contributed by atoms with Gasteiger partial charge in [0.25, 0.3) is 0 Å². The van der Waals surface area contributed by atoms with E-state index in [0.29, 0.717) is 0 Å². The minimum absolute atomic E-state index is 1.30. The molecule has 1 heteroatoms. The number of benzene rings is 6. The van der Waals surface area contributed by atoms with Gasteiger partial charge in [0.15, 0.2) is 0 Å². The molecule has 0 aromatic heterocycles. The van der Waals surface area contributed by atoms with Crippen LogP contribution in [0.2, 0.25) is 0 Å². The largest absolute Gasteiger partial charge is 0.133 e. The van der Waals surface area contributed by atoms with Crippen LogP contribution in [0.15, 0.2) is 127 Å². The van der Waals surface area contributed by atoms with Crippen molar-refractivity contribution in [2.45, 2.75) is 0 Å². The summed E-state index contributed by atoms with van der Waals surface area (Å²) in [6.45, 7) is 0. The summed E-state index contributed by atoms with van der Waals surface area (Å²) in [5.74, 6) is 0. The van der Waals surface area contributed by atoms with E-state index in [1.165, 1.54) is 47.9 Å². The number of hydrogen-bond acceptors (Lipinski definition) is 0. The maximum Gasteiger partial charge on any atom is 0.133 e. The van der Waals surface area contributed by atoms with Crippen LogP contribution in [0.4, 0.5) is 0 Å². The Morgan fingerprint density at radius 2 is 0.581 bits per heavy atom. The lowest BCUT2D eigenvalue weighted by Crippen LogP contribution is -2.51. The Balaban J connectivity index is 1.59. The molecule has 0 unspecified atom stereocenters. The van der Waals surface area contributed by atoms with E-state index in [2.05, 4.69) is 127 Å². The number of fused-ring (bicyclic) bond motifs is 3. The van der Waals surface area contributed by atoms with Gasteiger partial charge in [0.1, 0.15) is 8.80 Å². The van der Waals surface area contributed by atoms with Crippen molar-refractivity contribution < 1.29 is 0 Å². The fraction of sp³-hybridized carbons (Fsp3) is 0. The van der Waals surface area contributed by atoms with E-state index in [0.717, 1.165) is 0 Å². The fourth-order valence-electron chi connectivity index (χ4n) is 4.74. The van der Waals surface area contributed by atoms with E-state index in [9.17, 15) is 0 Å². The Morgan fingerprint density at radius 1 is 0.290 bits per heavy atom. The second-order valence-electron chi connectivity index (χ2n) is 8.25. The first-order valence-electron chi connectivity index (χ1n) is 10.8. The maximum atomic E-state index is 2.41. The molecule has 0 bridgehead atoms. The van der Waals surface area contributed by atoms with Gasteiger partial charge < -0.3 is 0 Å². The Kier molecular flexibility index (Phi) is 4.40. The third-order valence-electron chi connectivity index (χ3n) is 6.32. The number of hydrogen-bond donors (Lipinski definition) is 0. The van der Waals surface area contributed by atoms with Crippen LogP contribution in [-0.2, 0) is 0 Å². The van der Waals surface area contributed by atoms with E-state index >= 15 is 0 Å². The summed E-state index contributed by atoms with van der Waals surface area (Å²) in [5.41, 5.74) is 0. The SMILES string of the molecule is c1ccc2cc([SiH](c3ccc4ccccc4c3)c3ccc4ccccc4c3)ccc2c1. The van der Waals surface area contributed by atoms with Crippen LogP contribution in [0.1, 0.15) is 0 Å². The standard InChI is InChI=1S/C30H22Si/c1-4-10-25-19-28(16-13-22(25)7-1)31(29-17-14-23-8-2-5-11-26(23)20-29)30-18-15-24-9-3-6-12-27(24)21-30/h1-21,31H. The molecule has 31 heavy (non-hydrogen) atoms. The van der Waals surface area contributed by atoms with E-state index in [-0.39, 0.29) is 0 Å². The predicted octanol–water partition coefficient (Wildman–Crippen LogP) is 5.39. The molecule has 6 rings (SSSR count). The summed E-state index contributed by atoms with van der Waals surface area (Å²) in [6, 6.07) is 47.2. The molecule has 0 atom stereocenters. The first-order valence-corrected chi connectivity index (χ1v) is 12.5. The minimum Gasteiger partial charge on any atom is -0.0619 e. The third-order valence-corrected chi connectivity index (χ3v) is 9.40. The Morgan fingerprint density at radius 3 is 0.903 bits per heavy atom.